The van der Waals surface area contributed by atoms with E-state index < -0.39 is 0 Å². The number of rotatable bonds is 9. The van der Waals surface area contributed by atoms with Gasteiger partial charge in [0.1, 0.15) is 5.82 Å². The number of nitrogens with zero attached hydrogens (tertiary/aromatic N) is 1. The minimum atomic E-state index is -0.262. The third-order valence-electron chi connectivity index (χ3n) is 5.30. The number of halogens is 1. The molecule has 0 aliphatic heterocycles. The number of aryl methyl sites for hydroxylation is 1. The number of carbonyl (C=O) groups excluding carboxylic acids is 1. The minimum absolute atomic E-state index is 0.0405. The second-order valence-electron chi connectivity index (χ2n) is 7.25. The Morgan fingerprint density at radius 1 is 1.07 bits per heavy atom. The molecular weight excluding hydrogens is 351 g/mol. The van der Waals surface area contributed by atoms with Crippen LogP contribution in [0.5, 0.6) is 0 Å². The van der Waals surface area contributed by atoms with Gasteiger partial charge in [-0.3, -0.25) is 4.79 Å². The second-order valence-corrected chi connectivity index (χ2v) is 7.25. The van der Waals surface area contributed by atoms with Crippen molar-refractivity contribution >= 4 is 16.8 Å². The molecule has 0 bridgehead atoms. The van der Waals surface area contributed by atoms with Crippen LogP contribution in [0.25, 0.3) is 10.9 Å². The molecule has 4 heteroatoms. The Morgan fingerprint density at radius 3 is 2.54 bits per heavy atom. The molecule has 1 amide bonds. The highest BCUT2D eigenvalue weighted by Crippen LogP contribution is 2.34. The van der Waals surface area contributed by atoms with Gasteiger partial charge in [0.2, 0.25) is 5.91 Å². The largest absolute Gasteiger partial charge is 0.356 e. The molecular formula is C24H29FN2O. The Hall–Kier alpha value is -2.62. The van der Waals surface area contributed by atoms with Crippen LogP contribution in [0.1, 0.15) is 56.6 Å². The first-order valence-electron chi connectivity index (χ1n) is 10.2. The number of benzene rings is 2. The highest BCUT2D eigenvalue weighted by atomic mass is 19.1. The van der Waals surface area contributed by atoms with Crippen molar-refractivity contribution in [1.82, 2.24) is 9.88 Å². The Bertz CT molecular complexity index is 914. The van der Waals surface area contributed by atoms with Crippen molar-refractivity contribution < 1.29 is 9.18 Å². The van der Waals surface area contributed by atoms with Crippen LogP contribution in [0.15, 0.2) is 54.7 Å². The summed E-state index contributed by atoms with van der Waals surface area (Å²) >= 11 is 0. The molecule has 2 aromatic carbocycles. The predicted octanol–water partition coefficient (Wildman–Crippen LogP) is 5.63. The fraction of sp³-hybridized carbons (Fsp3) is 0.375. The summed E-state index contributed by atoms with van der Waals surface area (Å²) in [5.41, 5.74) is 3.24. The molecule has 0 unspecified atom stereocenters. The van der Waals surface area contributed by atoms with Gasteiger partial charge in [-0.25, -0.2) is 4.39 Å². The van der Waals surface area contributed by atoms with Crippen LogP contribution in [0.2, 0.25) is 0 Å². The summed E-state index contributed by atoms with van der Waals surface area (Å²) in [6.07, 6.45) is 5.74. The summed E-state index contributed by atoms with van der Waals surface area (Å²) in [4.78, 5) is 12.7. The molecule has 1 heterocycles. The Labute approximate surface area is 166 Å². The number of para-hydroxylation sites is 1. The highest BCUT2D eigenvalue weighted by Gasteiger charge is 2.22. The molecule has 1 aromatic heterocycles. The molecule has 148 valence electrons. The third-order valence-corrected chi connectivity index (χ3v) is 5.30. The van der Waals surface area contributed by atoms with Crippen molar-refractivity contribution in [1.29, 1.82) is 0 Å². The van der Waals surface area contributed by atoms with E-state index in [4.69, 9.17) is 0 Å². The summed E-state index contributed by atoms with van der Waals surface area (Å²) in [6.45, 7) is 5.83. The summed E-state index contributed by atoms with van der Waals surface area (Å²) in [5, 5.41) is 4.20. The number of amides is 1. The standard InChI is InChI=1S/C24H29FN2O/c1-3-5-8-15-26-24(28)16-21(18-11-13-19(25)14-12-18)22-17-27(4-2)23-10-7-6-9-20(22)23/h6-7,9-14,17,21H,3-5,8,15-16H2,1-2H3,(H,26,28)/t21-/m0/s1. The smallest absolute Gasteiger partial charge is 0.220 e. The molecule has 28 heavy (non-hydrogen) atoms. The lowest BCUT2D eigenvalue weighted by Crippen LogP contribution is -2.26. The lowest BCUT2D eigenvalue weighted by Gasteiger charge is -2.17. The molecule has 3 rings (SSSR count). The normalized spacial score (nSPS) is 12.2. The average molecular weight is 381 g/mol. The predicted molar refractivity (Wildman–Crippen MR) is 113 cm³/mol. The van der Waals surface area contributed by atoms with Crippen LogP contribution in [0.4, 0.5) is 4.39 Å². The maximum absolute atomic E-state index is 13.5. The first-order valence-corrected chi connectivity index (χ1v) is 10.2. The van der Waals surface area contributed by atoms with E-state index in [2.05, 4.69) is 42.1 Å². The lowest BCUT2D eigenvalue weighted by molar-refractivity contribution is -0.121. The van der Waals surface area contributed by atoms with E-state index in [1.54, 1.807) is 12.1 Å². The fourth-order valence-electron chi connectivity index (χ4n) is 3.78. The SMILES string of the molecule is CCCCCNC(=O)C[C@@H](c1ccc(F)cc1)c1cn(CC)c2ccccc12. The van der Waals surface area contributed by atoms with E-state index in [0.29, 0.717) is 13.0 Å². The molecule has 0 spiro atoms. The van der Waals surface area contributed by atoms with Crippen LogP contribution in [0.3, 0.4) is 0 Å². The molecule has 0 aliphatic rings. The van der Waals surface area contributed by atoms with Crippen molar-refractivity contribution in [3.8, 4) is 0 Å². The third kappa shape index (κ3) is 4.61. The van der Waals surface area contributed by atoms with Crippen molar-refractivity contribution in [2.24, 2.45) is 0 Å². The van der Waals surface area contributed by atoms with Gasteiger partial charge in [0.15, 0.2) is 0 Å². The second kappa shape index (κ2) is 9.54. The molecule has 1 atom stereocenters. The summed E-state index contributed by atoms with van der Waals surface area (Å²) in [7, 11) is 0. The van der Waals surface area contributed by atoms with Gasteiger partial charge < -0.3 is 9.88 Å². The fourth-order valence-corrected chi connectivity index (χ4v) is 3.78. The van der Waals surface area contributed by atoms with Gasteiger partial charge in [-0.2, -0.15) is 0 Å². The van der Waals surface area contributed by atoms with Crippen molar-refractivity contribution in [2.75, 3.05) is 6.54 Å². The van der Waals surface area contributed by atoms with E-state index in [9.17, 15) is 9.18 Å². The van der Waals surface area contributed by atoms with E-state index in [0.717, 1.165) is 47.8 Å². The number of hydrogen-bond donors (Lipinski definition) is 1. The molecule has 3 nitrogen and oxygen atoms in total. The summed E-state index contributed by atoms with van der Waals surface area (Å²) < 4.78 is 15.7. The highest BCUT2D eigenvalue weighted by molar-refractivity contribution is 5.86. The minimum Gasteiger partial charge on any atom is -0.356 e. The van der Waals surface area contributed by atoms with Crippen molar-refractivity contribution in [3.63, 3.8) is 0 Å². The van der Waals surface area contributed by atoms with Gasteiger partial charge >= 0.3 is 0 Å². The Kier molecular flexibility index (Phi) is 6.85. The quantitative estimate of drug-likeness (QED) is 0.480. The number of hydrogen-bond acceptors (Lipinski definition) is 1. The number of fused-ring (bicyclic) bond motifs is 1. The van der Waals surface area contributed by atoms with Gasteiger partial charge in [0, 0.05) is 42.5 Å². The molecule has 0 radical (unpaired) electrons. The number of aromatic nitrogens is 1. The van der Waals surface area contributed by atoms with Gasteiger partial charge in [-0.15, -0.1) is 0 Å². The molecule has 1 N–H and O–H groups in total. The Balaban J connectivity index is 1.93. The Morgan fingerprint density at radius 2 is 1.82 bits per heavy atom. The van der Waals surface area contributed by atoms with Crippen LogP contribution < -0.4 is 5.32 Å². The number of unbranched alkanes of at least 4 members (excludes halogenated alkanes) is 2. The lowest BCUT2D eigenvalue weighted by atomic mass is 9.88. The molecule has 3 aromatic rings. The zero-order valence-electron chi connectivity index (χ0n) is 16.7. The van der Waals surface area contributed by atoms with E-state index in [-0.39, 0.29) is 17.6 Å². The zero-order valence-corrected chi connectivity index (χ0v) is 16.7. The van der Waals surface area contributed by atoms with Crippen LogP contribution >= 0.6 is 0 Å². The van der Waals surface area contributed by atoms with Crippen LogP contribution in [-0.2, 0) is 11.3 Å². The maximum atomic E-state index is 13.5. The molecule has 0 saturated carbocycles. The van der Waals surface area contributed by atoms with Crippen LogP contribution in [0, 0.1) is 5.82 Å². The van der Waals surface area contributed by atoms with E-state index in [1.807, 2.05) is 12.1 Å². The molecule has 0 saturated heterocycles. The topological polar surface area (TPSA) is 34.0 Å². The first-order chi connectivity index (χ1) is 13.6. The monoisotopic (exact) mass is 380 g/mol. The van der Waals surface area contributed by atoms with Gasteiger partial charge in [0.05, 0.1) is 0 Å². The van der Waals surface area contributed by atoms with Gasteiger partial charge in [0.25, 0.3) is 0 Å². The number of nitrogens with one attached hydrogen (secondary N) is 1. The zero-order chi connectivity index (χ0) is 19.9. The maximum Gasteiger partial charge on any atom is 0.220 e. The number of carbonyl (C=O) groups is 1. The van der Waals surface area contributed by atoms with E-state index >= 15 is 0 Å². The average Bonchev–Trinajstić information content (AvgIpc) is 3.09. The molecule has 0 aliphatic carbocycles. The van der Waals surface area contributed by atoms with Crippen LogP contribution in [-0.4, -0.2) is 17.0 Å². The summed E-state index contributed by atoms with van der Waals surface area (Å²) in [6, 6.07) is 14.8. The van der Waals surface area contributed by atoms with Crippen molar-refractivity contribution in [2.45, 2.75) is 52.0 Å². The van der Waals surface area contributed by atoms with Gasteiger partial charge in [-0.1, -0.05) is 50.1 Å². The van der Waals surface area contributed by atoms with E-state index in [1.165, 1.54) is 12.1 Å². The molecule has 0 fully saturated rings. The van der Waals surface area contributed by atoms with Gasteiger partial charge in [-0.05, 0) is 42.7 Å². The summed E-state index contributed by atoms with van der Waals surface area (Å²) in [5.74, 6) is -0.328. The first kappa shape index (κ1) is 20.1. The van der Waals surface area contributed by atoms with Crippen molar-refractivity contribution in [3.05, 3.63) is 71.7 Å².